The number of aliphatic hydroxyl groups excluding tert-OH is 1. The Balaban J connectivity index is 2.08. The Hall–Kier alpha value is -1.25. The third-order valence-electron chi connectivity index (χ3n) is 2.41. The summed E-state index contributed by atoms with van der Waals surface area (Å²) in [6.07, 6.45) is -5.00. The minimum absolute atomic E-state index is 0.132. The maximum atomic E-state index is 12.6. The zero-order valence-electron chi connectivity index (χ0n) is 10.8. The predicted octanol–water partition coefficient (Wildman–Crippen LogP) is 3.61. The van der Waals surface area contributed by atoms with E-state index < -0.39 is 17.8 Å². The Morgan fingerprint density at radius 2 is 2.14 bits per heavy atom. The van der Waals surface area contributed by atoms with Gasteiger partial charge in [0.05, 0.1) is 28.9 Å². The molecule has 1 aliphatic rings. The minimum atomic E-state index is -4.43. The summed E-state index contributed by atoms with van der Waals surface area (Å²) in [5, 5.41) is 12.8. The van der Waals surface area contributed by atoms with E-state index in [4.69, 9.17) is 16.7 Å². The van der Waals surface area contributed by atoms with Gasteiger partial charge in [0, 0.05) is 0 Å². The van der Waals surface area contributed by atoms with E-state index >= 15 is 0 Å². The summed E-state index contributed by atoms with van der Waals surface area (Å²) < 4.78 is 37.9. The number of nitrogens with zero attached hydrogens (tertiary/aromatic N) is 2. The fourth-order valence-electron chi connectivity index (χ4n) is 1.42. The van der Waals surface area contributed by atoms with Gasteiger partial charge in [0.15, 0.2) is 10.3 Å². The Morgan fingerprint density at radius 3 is 2.71 bits per heavy atom. The second kappa shape index (κ2) is 6.25. The monoisotopic (exact) mass is 337 g/mol. The molecular weight excluding hydrogens is 327 g/mol. The zero-order valence-corrected chi connectivity index (χ0v) is 12.4. The molecule has 1 atom stereocenters. The molecule has 0 amide bonds. The topological polar surface area (TPSA) is 57.0 Å². The Morgan fingerprint density at radius 1 is 1.48 bits per heavy atom. The summed E-state index contributed by atoms with van der Waals surface area (Å²) in [4.78, 5) is 7.98. The molecule has 0 bridgehead atoms. The highest BCUT2D eigenvalue weighted by Crippen LogP contribution is 2.34. The van der Waals surface area contributed by atoms with Crippen LogP contribution in [-0.4, -0.2) is 28.1 Å². The number of alkyl halides is 3. The number of anilines is 1. The van der Waals surface area contributed by atoms with Gasteiger partial charge in [-0.25, -0.2) is 0 Å². The van der Waals surface area contributed by atoms with Crippen LogP contribution in [0.1, 0.15) is 12.5 Å². The van der Waals surface area contributed by atoms with Gasteiger partial charge in [-0.05, 0) is 36.9 Å². The average molecular weight is 338 g/mol. The van der Waals surface area contributed by atoms with Crippen molar-refractivity contribution in [1.82, 2.24) is 0 Å². The SMILES string of the molecule is CC(O)CN=C1N=C(Nc2cc(C(F)(F)F)ccc2Cl)S1. The molecule has 4 nitrogen and oxygen atoms in total. The molecule has 0 saturated heterocycles. The van der Waals surface area contributed by atoms with Crippen molar-refractivity contribution in [2.45, 2.75) is 19.2 Å². The van der Waals surface area contributed by atoms with Gasteiger partial charge in [0.1, 0.15) is 0 Å². The molecule has 21 heavy (non-hydrogen) atoms. The molecule has 0 radical (unpaired) electrons. The minimum Gasteiger partial charge on any atom is -0.391 e. The van der Waals surface area contributed by atoms with E-state index in [0.29, 0.717) is 10.3 Å². The summed E-state index contributed by atoms with van der Waals surface area (Å²) >= 11 is 7.02. The first-order valence-corrected chi connectivity index (χ1v) is 7.08. The molecular formula is C12H11ClF3N3OS. The molecule has 1 aromatic carbocycles. The van der Waals surface area contributed by atoms with Gasteiger partial charge in [0.2, 0.25) is 0 Å². The lowest BCUT2D eigenvalue weighted by molar-refractivity contribution is -0.137. The van der Waals surface area contributed by atoms with Crippen molar-refractivity contribution < 1.29 is 18.3 Å². The van der Waals surface area contributed by atoms with Gasteiger partial charge in [-0.2, -0.15) is 18.2 Å². The second-order valence-electron chi connectivity index (χ2n) is 4.31. The first kappa shape index (κ1) is 16.1. The van der Waals surface area contributed by atoms with E-state index in [0.717, 1.165) is 12.1 Å². The van der Waals surface area contributed by atoms with Gasteiger partial charge in [-0.3, -0.25) is 4.99 Å². The van der Waals surface area contributed by atoms with Crippen LogP contribution in [0.4, 0.5) is 18.9 Å². The molecule has 0 aromatic heterocycles. The molecule has 9 heteroatoms. The second-order valence-corrected chi connectivity index (χ2v) is 5.67. The number of hydrogen-bond donors (Lipinski definition) is 2. The number of rotatable bonds is 3. The van der Waals surface area contributed by atoms with E-state index in [1.54, 1.807) is 6.92 Å². The van der Waals surface area contributed by atoms with Crippen LogP contribution in [0, 0.1) is 0 Å². The molecule has 1 aromatic rings. The normalized spacial score (nSPS) is 18.2. The molecule has 1 unspecified atom stereocenters. The lowest BCUT2D eigenvalue weighted by Gasteiger charge is -2.18. The summed E-state index contributed by atoms with van der Waals surface area (Å²) in [5.74, 6) is 0. The van der Waals surface area contributed by atoms with Crippen LogP contribution in [-0.2, 0) is 6.18 Å². The number of benzene rings is 1. The number of amidine groups is 2. The van der Waals surface area contributed by atoms with Crippen molar-refractivity contribution in [3.05, 3.63) is 28.8 Å². The number of halogens is 4. The highest BCUT2D eigenvalue weighted by Gasteiger charge is 2.31. The van der Waals surface area contributed by atoms with Gasteiger partial charge < -0.3 is 10.4 Å². The van der Waals surface area contributed by atoms with E-state index in [1.165, 1.54) is 17.8 Å². The quantitative estimate of drug-likeness (QED) is 0.886. The number of nitrogens with one attached hydrogen (secondary N) is 1. The lowest BCUT2D eigenvalue weighted by atomic mass is 10.2. The predicted molar refractivity (Wildman–Crippen MR) is 79.1 cm³/mol. The van der Waals surface area contributed by atoms with Crippen molar-refractivity contribution in [3.63, 3.8) is 0 Å². The summed E-state index contributed by atoms with van der Waals surface area (Å²) in [6.45, 7) is 1.82. The molecule has 2 N–H and O–H groups in total. The standard InChI is InChI=1S/C12H11ClF3N3OS/c1-6(20)5-17-10-19-11(21-10)18-9-4-7(12(14,15)16)2-3-8(9)13/h2-4,6,20H,5H2,1H3,(H,17,18,19). The number of thioether (sulfide) groups is 1. The fraction of sp³-hybridized carbons (Fsp3) is 0.333. The van der Waals surface area contributed by atoms with Gasteiger partial charge in [-0.1, -0.05) is 11.6 Å². The van der Waals surface area contributed by atoms with E-state index in [2.05, 4.69) is 15.3 Å². The molecule has 1 heterocycles. The smallest absolute Gasteiger partial charge is 0.391 e. The van der Waals surface area contributed by atoms with Crippen LogP contribution >= 0.6 is 23.4 Å². The van der Waals surface area contributed by atoms with Gasteiger partial charge in [-0.15, -0.1) is 0 Å². The van der Waals surface area contributed by atoms with Crippen molar-refractivity contribution in [3.8, 4) is 0 Å². The van der Waals surface area contributed by atoms with Crippen LogP contribution in [0.2, 0.25) is 5.02 Å². The Bertz CT molecular complexity index is 602. The van der Waals surface area contributed by atoms with Crippen molar-refractivity contribution in [2.75, 3.05) is 11.9 Å². The Kier molecular flexibility index (Phi) is 4.80. The molecule has 114 valence electrons. The summed E-state index contributed by atoms with van der Waals surface area (Å²) in [5.41, 5.74) is -0.658. The lowest BCUT2D eigenvalue weighted by Crippen LogP contribution is -2.21. The Labute approximate surface area is 128 Å². The molecule has 0 spiro atoms. The van der Waals surface area contributed by atoms with Crippen LogP contribution in [0.15, 0.2) is 28.2 Å². The number of aliphatic hydroxyl groups is 1. The van der Waals surface area contributed by atoms with Gasteiger partial charge in [0.25, 0.3) is 0 Å². The maximum Gasteiger partial charge on any atom is 0.416 e. The van der Waals surface area contributed by atoms with E-state index in [-0.39, 0.29) is 17.3 Å². The van der Waals surface area contributed by atoms with Crippen molar-refractivity contribution in [2.24, 2.45) is 9.98 Å². The summed E-state index contributed by atoms with van der Waals surface area (Å²) in [7, 11) is 0. The highest BCUT2D eigenvalue weighted by molar-refractivity contribution is 8.29. The van der Waals surface area contributed by atoms with Crippen molar-refractivity contribution >= 4 is 39.4 Å². The van der Waals surface area contributed by atoms with Crippen LogP contribution in [0.25, 0.3) is 0 Å². The zero-order chi connectivity index (χ0) is 15.6. The number of hydrogen-bond acceptors (Lipinski definition) is 4. The first-order chi connectivity index (χ1) is 9.75. The third-order valence-corrected chi connectivity index (χ3v) is 3.53. The van der Waals surface area contributed by atoms with E-state index in [1.807, 2.05) is 0 Å². The third kappa shape index (κ3) is 4.36. The molecule has 0 aliphatic carbocycles. The number of aliphatic imine (C=N–C) groups is 2. The molecule has 1 aliphatic heterocycles. The van der Waals surface area contributed by atoms with Crippen LogP contribution in [0.3, 0.4) is 0 Å². The van der Waals surface area contributed by atoms with Crippen LogP contribution < -0.4 is 5.32 Å². The first-order valence-electron chi connectivity index (χ1n) is 5.88. The highest BCUT2D eigenvalue weighted by atomic mass is 35.5. The summed E-state index contributed by atoms with van der Waals surface area (Å²) in [6, 6.07) is 3.02. The molecule has 2 rings (SSSR count). The van der Waals surface area contributed by atoms with E-state index in [9.17, 15) is 13.2 Å². The van der Waals surface area contributed by atoms with Crippen LogP contribution in [0.5, 0.6) is 0 Å². The average Bonchev–Trinajstić information content (AvgIpc) is 2.32. The molecule has 0 saturated carbocycles. The van der Waals surface area contributed by atoms with Crippen molar-refractivity contribution in [1.29, 1.82) is 0 Å². The largest absolute Gasteiger partial charge is 0.416 e. The maximum absolute atomic E-state index is 12.6. The van der Waals surface area contributed by atoms with Gasteiger partial charge >= 0.3 is 6.18 Å². The molecule has 0 fully saturated rings. The fourth-order valence-corrected chi connectivity index (χ4v) is 2.20.